The van der Waals surface area contributed by atoms with E-state index in [1.165, 1.54) is 0 Å². The highest BCUT2D eigenvalue weighted by atomic mass is 32.1. The molecule has 8 heteroatoms. The third-order valence-electron chi connectivity index (χ3n) is 3.30. The molecular weight excluding hydrogens is 344 g/mol. The van der Waals surface area contributed by atoms with Gasteiger partial charge in [0.1, 0.15) is 22.6 Å². The van der Waals surface area contributed by atoms with Crippen LogP contribution in [0.2, 0.25) is 0 Å². The van der Waals surface area contributed by atoms with Crippen molar-refractivity contribution in [2.24, 2.45) is 0 Å². The van der Waals surface area contributed by atoms with Crippen molar-refractivity contribution in [2.75, 3.05) is 12.3 Å². The minimum atomic E-state index is -1.46. The van der Waals surface area contributed by atoms with E-state index in [1.54, 1.807) is 37.3 Å². The molecule has 0 saturated heterocycles. The van der Waals surface area contributed by atoms with Crippen LogP contribution in [0.25, 0.3) is 0 Å². The van der Waals surface area contributed by atoms with Gasteiger partial charge >= 0.3 is 11.9 Å². The number of benzene rings is 1. The van der Waals surface area contributed by atoms with Crippen molar-refractivity contribution in [1.82, 2.24) is 0 Å². The number of aliphatic hydroxyl groups is 1. The summed E-state index contributed by atoms with van der Waals surface area (Å²) in [6, 6.07) is 10.2. The molecule has 25 heavy (non-hydrogen) atoms. The predicted octanol–water partition coefficient (Wildman–Crippen LogP) is 2.16. The number of nitriles is 1. The Morgan fingerprint density at radius 3 is 2.60 bits per heavy atom. The molecule has 1 aromatic heterocycles. The van der Waals surface area contributed by atoms with Gasteiger partial charge in [0, 0.05) is 5.56 Å². The molecule has 0 radical (unpaired) electrons. The second kappa shape index (κ2) is 8.28. The summed E-state index contributed by atoms with van der Waals surface area (Å²) in [6.07, 6.45) is -1.46. The van der Waals surface area contributed by atoms with Crippen LogP contribution in [0, 0.1) is 11.3 Å². The normalized spacial score (nSPS) is 11.4. The number of thiophene rings is 1. The number of nitrogen functional groups attached to an aromatic ring is 1. The minimum absolute atomic E-state index is 0.0649. The maximum atomic E-state index is 12.0. The molecule has 0 aliphatic heterocycles. The first-order chi connectivity index (χ1) is 12.0. The molecule has 1 heterocycles. The van der Waals surface area contributed by atoms with Gasteiger partial charge in [-0.2, -0.15) is 5.26 Å². The lowest BCUT2D eigenvalue weighted by Crippen LogP contribution is -2.16. The molecule has 0 aliphatic carbocycles. The van der Waals surface area contributed by atoms with Gasteiger partial charge < -0.3 is 20.3 Å². The molecule has 0 bridgehead atoms. The van der Waals surface area contributed by atoms with E-state index in [4.69, 9.17) is 15.2 Å². The molecule has 0 fully saturated rings. The van der Waals surface area contributed by atoms with Crippen LogP contribution in [0.1, 0.15) is 39.4 Å². The van der Waals surface area contributed by atoms with Gasteiger partial charge in [-0.1, -0.05) is 30.3 Å². The topological polar surface area (TPSA) is 123 Å². The number of esters is 2. The lowest BCUT2D eigenvalue weighted by atomic mass is 10.1. The van der Waals surface area contributed by atoms with E-state index >= 15 is 0 Å². The molecule has 0 saturated carbocycles. The van der Waals surface area contributed by atoms with Crippen LogP contribution in [-0.4, -0.2) is 23.7 Å². The summed E-state index contributed by atoms with van der Waals surface area (Å²) in [5.41, 5.74) is 6.36. The van der Waals surface area contributed by atoms with E-state index < -0.39 is 18.0 Å². The van der Waals surface area contributed by atoms with Crippen molar-refractivity contribution in [3.05, 3.63) is 51.9 Å². The Balaban J connectivity index is 2.18. The zero-order valence-electron chi connectivity index (χ0n) is 13.4. The fourth-order valence-electron chi connectivity index (χ4n) is 2.10. The SMILES string of the molecule is CCOC(=O)c1sc(N)c(C#N)c1COC(=O)[C@@H](O)c1ccccc1. The molecule has 3 N–H and O–H groups in total. The maximum absolute atomic E-state index is 12.0. The summed E-state index contributed by atoms with van der Waals surface area (Å²) >= 11 is 0.897. The highest BCUT2D eigenvalue weighted by Gasteiger charge is 2.25. The number of aliphatic hydroxyl groups excluding tert-OH is 1. The average molecular weight is 360 g/mol. The standard InChI is InChI=1S/C17H16N2O5S/c1-2-23-17(22)14-12(11(8-18)15(19)25-14)9-24-16(21)13(20)10-6-4-3-5-7-10/h3-7,13,20H,2,9,19H2,1H3/t13-/m0/s1. The van der Waals surface area contributed by atoms with Crippen LogP contribution in [0.15, 0.2) is 30.3 Å². The van der Waals surface area contributed by atoms with E-state index in [9.17, 15) is 20.0 Å². The van der Waals surface area contributed by atoms with Gasteiger partial charge in [0.25, 0.3) is 0 Å². The zero-order chi connectivity index (χ0) is 18.4. The second-order valence-electron chi connectivity index (χ2n) is 4.90. The highest BCUT2D eigenvalue weighted by Crippen LogP contribution is 2.32. The van der Waals surface area contributed by atoms with Crippen LogP contribution in [0.3, 0.4) is 0 Å². The fourth-order valence-corrected chi connectivity index (χ4v) is 3.02. The number of carbonyl (C=O) groups is 2. The van der Waals surface area contributed by atoms with Gasteiger partial charge in [0.2, 0.25) is 0 Å². The molecule has 0 aliphatic rings. The van der Waals surface area contributed by atoms with Gasteiger partial charge in [-0.3, -0.25) is 0 Å². The predicted molar refractivity (Wildman–Crippen MR) is 90.6 cm³/mol. The van der Waals surface area contributed by atoms with E-state index in [0.717, 1.165) is 11.3 Å². The van der Waals surface area contributed by atoms with Gasteiger partial charge in [0.15, 0.2) is 6.10 Å². The van der Waals surface area contributed by atoms with E-state index in [0.29, 0.717) is 5.56 Å². The van der Waals surface area contributed by atoms with Crippen molar-refractivity contribution in [3.8, 4) is 6.07 Å². The molecule has 0 unspecified atom stereocenters. The summed E-state index contributed by atoms with van der Waals surface area (Å²) in [5.74, 6) is -1.54. The van der Waals surface area contributed by atoms with E-state index in [2.05, 4.69) is 0 Å². The fraction of sp³-hybridized carbons (Fsp3) is 0.235. The largest absolute Gasteiger partial charge is 0.462 e. The quantitative estimate of drug-likeness (QED) is 0.757. The van der Waals surface area contributed by atoms with Crippen molar-refractivity contribution >= 4 is 28.3 Å². The lowest BCUT2D eigenvalue weighted by molar-refractivity contribution is -0.155. The van der Waals surface area contributed by atoms with Crippen LogP contribution in [0.4, 0.5) is 5.00 Å². The number of hydrogen-bond acceptors (Lipinski definition) is 8. The Hall–Kier alpha value is -2.89. The highest BCUT2D eigenvalue weighted by molar-refractivity contribution is 7.18. The van der Waals surface area contributed by atoms with Gasteiger partial charge in [0.05, 0.1) is 12.2 Å². The smallest absolute Gasteiger partial charge is 0.348 e. The molecule has 2 rings (SSSR count). The third kappa shape index (κ3) is 4.15. The number of nitrogens with zero attached hydrogens (tertiary/aromatic N) is 1. The molecule has 1 atom stereocenters. The van der Waals surface area contributed by atoms with Crippen molar-refractivity contribution in [2.45, 2.75) is 19.6 Å². The Morgan fingerprint density at radius 1 is 1.32 bits per heavy atom. The molecule has 0 amide bonds. The maximum Gasteiger partial charge on any atom is 0.348 e. The molecule has 1 aromatic carbocycles. The van der Waals surface area contributed by atoms with Gasteiger partial charge in [-0.05, 0) is 12.5 Å². The second-order valence-corrected chi connectivity index (χ2v) is 5.95. The van der Waals surface area contributed by atoms with E-state index in [-0.39, 0.29) is 34.2 Å². The first kappa shape index (κ1) is 18.4. The number of nitrogens with two attached hydrogens (primary N) is 1. The Bertz CT molecular complexity index is 810. The van der Waals surface area contributed by atoms with Crippen LogP contribution in [-0.2, 0) is 20.9 Å². The summed E-state index contributed by atoms with van der Waals surface area (Å²) in [7, 11) is 0. The number of anilines is 1. The Morgan fingerprint density at radius 2 is 2.00 bits per heavy atom. The molecule has 130 valence electrons. The van der Waals surface area contributed by atoms with Crippen LogP contribution in [0.5, 0.6) is 0 Å². The molecular formula is C17H16N2O5S. The van der Waals surface area contributed by atoms with Crippen LogP contribution < -0.4 is 5.73 Å². The number of carbonyl (C=O) groups excluding carboxylic acids is 2. The molecule has 7 nitrogen and oxygen atoms in total. The first-order valence-corrected chi connectivity index (χ1v) is 8.19. The first-order valence-electron chi connectivity index (χ1n) is 7.37. The van der Waals surface area contributed by atoms with Gasteiger partial charge in [-0.15, -0.1) is 11.3 Å². The monoisotopic (exact) mass is 360 g/mol. The molecule has 0 spiro atoms. The third-order valence-corrected chi connectivity index (χ3v) is 4.35. The summed E-state index contributed by atoms with van der Waals surface area (Å²) in [5, 5.41) is 19.4. The van der Waals surface area contributed by atoms with E-state index in [1.807, 2.05) is 6.07 Å². The number of rotatable bonds is 6. The zero-order valence-corrected chi connectivity index (χ0v) is 14.2. The number of hydrogen-bond donors (Lipinski definition) is 2. The van der Waals surface area contributed by atoms with Crippen molar-refractivity contribution in [1.29, 1.82) is 5.26 Å². The summed E-state index contributed by atoms with van der Waals surface area (Å²) in [6.45, 7) is 1.44. The number of ether oxygens (including phenoxy) is 2. The Kier molecular flexibility index (Phi) is 6.11. The summed E-state index contributed by atoms with van der Waals surface area (Å²) < 4.78 is 9.99. The van der Waals surface area contributed by atoms with Crippen LogP contribution >= 0.6 is 11.3 Å². The van der Waals surface area contributed by atoms with Gasteiger partial charge in [-0.25, -0.2) is 9.59 Å². The molecule has 2 aromatic rings. The lowest BCUT2D eigenvalue weighted by Gasteiger charge is -2.11. The Labute approximate surface area is 148 Å². The average Bonchev–Trinajstić information content (AvgIpc) is 2.95. The minimum Gasteiger partial charge on any atom is -0.462 e. The van der Waals surface area contributed by atoms with Crippen molar-refractivity contribution in [3.63, 3.8) is 0 Å². The summed E-state index contributed by atoms with van der Waals surface area (Å²) in [4.78, 5) is 24.1. The van der Waals surface area contributed by atoms with Crippen molar-refractivity contribution < 1.29 is 24.2 Å².